The zero-order valence-electron chi connectivity index (χ0n) is 12.6. The van der Waals surface area contributed by atoms with Crippen molar-refractivity contribution in [2.45, 2.75) is 38.6 Å². The summed E-state index contributed by atoms with van der Waals surface area (Å²) in [7, 11) is -3.47. The molecule has 3 heterocycles. The Balaban J connectivity index is 1.81. The molecule has 2 aromatic rings. The Labute approximate surface area is 130 Å². The van der Waals surface area contributed by atoms with Gasteiger partial charge in [-0.1, -0.05) is 13.3 Å². The number of nitrogens with one attached hydrogen (secondary N) is 1. The molecule has 1 unspecified atom stereocenters. The van der Waals surface area contributed by atoms with E-state index in [9.17, 15) is 8.42 Å². The van der Waals surface area contributed by atoms with E-state index in [1.54, 1.807) is 10.6 Å². The smallest absolute Gasteiger partial charge is 0.280 e. The second-order valence-corrected chi connectivity index (χ2v) is 7.24. The highest BCUT2D eigenvalue weighted by atomic mass is 32.2. The molecule has 0 radical (unpaired) electrons. The minimum Gasteiger partial charge on any atom is -0.291 e. The summed E-state index contributed by atoms with van der Waals surface area (Å²) in [4.78, 5) is 8.59. The van der Waals surface area contributed by atoms with Crippen LogP contribution in [0, 0.1) is 0 Å². The van der Waals surface area contributed by atoms with Crippen molar-refractivity contribution in [3.05, 3.63) is 30.4 Å². The van der Waals surface area contributed by atoms with Crippen molar-refractivity contribution in [2.75, 3.05) is 13.1 Å². The van der Waals surface area contributed by atoms with Crippen LogP contribution in [-0.4, -0.2) is 40.2 Å². The molecule has 0 spiro atoms. The molecule has 120 valence electrons. The summed E-state index contributed by atoms with van der Waals surface area (Å²) in [5.41, 5.74) is 0.696. The van der Waals surface area contributed by atoms with Crippen molar-refractivity contribution in [1.82, 2.24) is 23.4 Å². The third kappa shape index (κ3) is 3.13. The molecule has 0 aromatic carbocycles. The minimum atomic E-state index is -3.47. The van der Waals surface area contributed by atoms with Gasteiger partial charge in [0.15, 0.2) is 0 Å². The van der Waals surface area contributed by atoms with Crippen LogP contribution in [0.1, 0.15) is 44.3 Å². The van der Waals surface area contributed by atoms with E-state index < -0.39 is 10.2 Å². The Morgan fingerprint density at radius 1 is 1.32 bits per heavy atom. The lowest BCUT2D eigenvalue weighted by atomic mass is 10.2. The Hall–Kier alpha value is -1.51. The number of hydrogen-bond donors (Lipinski definition) is 1. The average molecular weight is 323 g/mol. The predicted molar refractivity (Wildman–Crippen MR) is 83.5 cm³/mol. The van der Waals surface area contributed by atoms with Crippen molar-refractivity contribution >= 4 is 16.0 Å². The van der Waals surface area contributed by atoms with Gasteiger partial charge in [-0.25, -0.2) is 9.97 Å². The Kier molecular flexibility index (Phi) is 4.42. The van der Waals surface area contributed by atoms with Crippen LogP contribution in [0.5, 0.6) is 0 Å². The molecule has 0 saturated carbocycles. The lowest BCUT2D eigenvalue weighted by Crippen LogP contribution is -2.44. The van der Waals surface area contributed by atoms with E-state index in [1.165, 1.54) is 4.31 Å². The monoisotopic (exact) mass is 323 g/mol. The highest BCUT2D eigenvalue weighted by molar-refractivity contribution is 7.87. The van der Waals surface area contributed by atoms with Crippen molar-refractivity contribution in [2.24, 2.45) is 0 Å². The van der Waals surface area contributed by atoms with Gasteiger partial charge in [-0.2, -0.15) is 17.4 Å². The molecular weight excluding hydrogens is 302 g/mol. The Bertz CT molecular complexity index is 704. The summed E-state index contributed by atoms with van der Waals surface area (Å²) in [5, 5.41) is 0. The number of hydrogen-bond acceptors (Lipinski definition) is 4. The maximum atomic E-state index is 12.5. The first kappa shape index (κ1) is 15.4. The third-order valence-corrected chi connectivity index (χ3v) is 5.59. The van der Waals surface area contributed by atoms with Crippen LogP contribution in [-0.2, 0) is 10.2 Å². The van der Waals surface area contributed by atoms with Crippen molar-refractivity contribution in [1.29, 1.82) is 0 Å². The van der Waals surface area contributed by atoms with E-state index in [0.717, 1.165) is 19.3 Å². The van der Waals surface area contributed by atoms with Gasteiger partial charge in [0.2, 0.25) is 5.78 Å². The lowest BCUT2D eigenvalue weighted by Gasteiger charge is -2.27. The first-order valence-electron chi connectivity index (χ1n) is 7.67. The Morgan fingerprint density at radius 2 is 2.09 bits per heavy atom. The number of imidazole rings is 1. The molecule has 1 N–H and O–H groups in total. The molecule has 7 nitrogen and oxygen atoms in total. The molecule has 8 heteroatoms. The molecule has 1 aliphatic heterocycles. The van der Waals surface area contributed by atoms with E-state index >= 15 is 0 Å². The first-order chi connectivity index (χ1) is 10.6. The van der Waals surface area contributed by atoms with Crippen molar-refractivity contribution in [3.63, 3.8) is 0 Å². The largest absolute Gasteiger partial charge is 0.291 e. The fourth-order valence-electron chi connectivity index (χ4n) is 2.73. The molecule has 0 amide bonds. The fourth-order valence-corrected chi connectivity index (χ4v) is 4.26. The van der Waals surface area contributed by atoms with Crippen LogP contribution in [0.2, 0.25) is 0 Å². The normalized spacial score (nSPS) is 18.6. The van der Waals surface area contributed by atoms with E-state index in [1.807, 2.05) is 25.4 Å². The average Bonchev–Trinajstić information content (AvgIpc) is 2.97. The standard InChI is InChI=1S/C14H21N5O2S/c1-2-12(13-11-18-8-6-7-15-14(18)16-13)17-22(20,21)19-9-4-3-5-10-19/h6-8,11-12,17H,2-5,9-10H2,1H3. The van der Waals surface area contributed by atoms with E-state index in [2.05, 4.69) is 14.7 Å². The SMILES string of the molecule is CCC(NS(=O)(=O)N1CCCCC1)c1cn2cccnc2n1. The summed E-state index contributed by atoms with van der Waals surface area (Å²) in [6.07, 6.45) is 8.94. The zero-order valence-corrected chi connectivity index (χ0v) is 13.5. The number of nitrogens with zero attached hydrogens (tertiary/aromatic N) is 4. The van der Waals surface area contributed by atoms with Gasteiger partial charge in [-0.3, -0.25) is 4.40 Å². The summed E-state index contributed by atoms with van der Waals surface area (Å²) in [5.74, 6) is 0.577. The van der Waals surface area contributed by atoms with E-state index in [0.29, 0.717) is 31.0 Å². The number of fused-ring (bicyclic) bond motifs is 1. The van der Waals surface area contributed by atoms with Gasteiger partial charge in [0.05, 0.1) is 11.7 Å². The van der Waals surface area contributed by atoms with Gasteiger partial charge >= 0.3 is 0 Å². The van der Waals surface area contributed by atoms with Gasteiger partial charge in [0, 0.05) is 31.7 Å². The molecule has 1 aliphatic rings. The zero-order chi connectivity index (χ0) is 15.6. The molecule has 22 heavy (non-hydrogen) atoms. The van der Waals surface area contributed by atoms with Gasteiger partial charge in [0.25, 0.3) is 10.2 Å². The topological polar surface area (TPSA) is 79.6 Å². The van der Waals surface area contributed by atoms with Crippen LogP contribution >= 0.6 is 0 Å². The second-order valence-electron chi connectivity index (χ2n) is 5.54. The summed E-state index contributed by atoms with van der Waals surface area (Å²) in [6, 6.07) is 1.48. The highest BCUT2D eigenvalue weighted by Crippen LogP contribution is 2.19. The molecule has 1 saturated heterocycles. The molecule has 0 bridgehead atoms. The van der Waals surface area contributed by atoms with Crippen LogP contribution in [0.4, 0.5) is 0 Å². The van der Waals surface area contributed by atoms with Crippen LogP contribution in [0.15, 0.2) is 24.7 Å². The van der Waals surface area contributed by atoms with Crippen LogP contribution in [0.25, 0.3) is 5.78 Å². The summed E-state index contributed by atoms with van der Waals surface area (Å²) >= 11 is 0. The molecular formula is C14H21N5O2S. The molecule has 1 atom stereocenters. The number of rotatable bonds is 5. The summed E-state index contributed by atoms with van der Waals surface area (Å²) in [6.45, 7) is 3.14. The molecule has 1 fully saturated rings. The van der Waals surface area contributed by atoms with Gasteiger partial charge in [-0.15, -0.1) is 0 Å². The Morgan fingerprint density at radius 3 is 2.77 bits per heavy atom. The van der Waals surface area contributed by atoms with Gasteiger partial charge in [0.1, 0.15) is 0 Å². The van der Waals surface area contributed by atoms with Crippen LogP contribution < -0.4 is 4.72 Å². The highest BCUT2D eigenvalue weighted by Gasteiger charge is 2.27. The minimum absolute atomic E-state index is 0.339. The maximum absolute atomic E-state index is 12.5. The summed E-state index contributed by atoms with van der Waals surface area (Å²) < 4.78 is 31.1. The van der Waals surface area contributed by atoms with E-state index in [-0.39, 0.29) is 6.04 Å². The second kappa shape index (κ2) is 6.31. The maximum Gasteiger partial charge on any atom is 0.280 e. The number of piperidine rings is 1. The fraction of sp³-hybridized carbons (Fsp3) is 0.571. The van der Waals surface area contributed by atoms with Gasteiger partial charge < -0.3 is 0 Å². The van der Waals surface area contributed by atoms with Crippen molar-refractivity contribution < 1.29 is 8.42 Å². The van der Waals surface area contributed by atoms with Gasteiger partial charge in [-0.05, 0) is 25.3 Å². The van der Waals surface area contributed by atoms with E-state index in [4.69, 9.17) is 0 Å². The molecule has 0 aliphatic carbocycles. The third-order valence-electron chi connectivity index (χ3n) is 3.97. The van der Waals surface area contributed by atoms with Crippen LogP contribution in [0.3, 0.4) is 0 Å². The number of aromatic nitrogens is 3. The molecule has 3 rings (SSSR count). The quantitative estimate of drug-likeness (QED) is 0.904. The van der Waals surface area contributed by atoms with Crippen molar-refractivity contribution in [3.8, 4) is 0 Å². The molecule has 2 aromatic heterocycles. The predicted octanol–water partition coefficient (Wildman–Crippen LogP) is 1.50. The lowest BCUT2D eigenvalue weighted by molar-refractivity contribution is 0.338. The first-order valence-corrected chi connectivity index (χ1v) is 9.11.